The minimum absolute atomic E-state index is 0.676. The van der Waals surface area contributed by atoms with E-state index in [0.29, 0.717) is 6.04 Å². The summed E-state index contributed by atoms with van der Waals surface area (Å²) in [7, 11) is 0. The van der Waals surface area contributed by atoms with Gasteiger partial charge in [-0.2, -0.15) is 0 Å². The van der Waals surface area contributed by atoms with Crippen molar-refractivity contribution < 1.29 is 0 Å². The predicted molar refractivity (Wildman–Crippen MR) is 67.8 cm³/mol. The smallest absolute Gasteiger partial charge is 0.110 e. The average Bonchev–Trinajstić information content (AvgIpc) is 3.11. The van der Waals surface area contributed by atoms with E-state index in [2.05, 4.69) is 15.6 Å². The Kier molecular flexibility index (Phi) is 2.81. The zero-order valence-electron chi connectivity index (χ0n) is 9.97. The lowest BCUT2D eigenvalue weighted by atomic mass is 10.2. The van der Waals surface area contributed by atoms with Gasteiger partial charge < -0.3 is 10.3 Å². The number of nitrogens with two attached hydrogens (primary N) is 1. The second-order valence-electron chi connectivity index (χ2n) is 4.74. The van der Waals surface area contributed by atoms with E-state index in [1.165, 1.54) is 24.2 Å². The normalized spacial score (nSPS) is 15.6. The minimum atomic E-state index is 0.676. The molecule has 1 aliphatic rings. The molecular weight excluding hydrogens is 212 g/mol. The van der Waals surface area contributed by atoms with E-state index < -0.39 is 0 Å². The zero-order valence-corrected chi connectivity index (χ0v) is 9.97. The molecule has 0 radical (unpaired) electrons. The number of hydrogen-bond acceptors (Lipinski definition) is 3. The first-order valence-corrected chi connectivity index (χ1v) is 6.41. The number of imidazole rings is 1. The molecule has 3 rings (SSSR count). The molecule has 0 aliphatic heterocycles. The number of nitrogens with zero attached hydrogens (tertiary/aromatic N) is 3. The zero-order chi connectivity index (χ0) is 11.7. The summed E-state index contributed by atoms with van der Waals surface area (Å²) < 4.78 is 2.41. The average molecular weight is 230 g/mol. The molecule has 0 atom stereocenters. The van der Waals surface area contributed by atoms with E-state index in [9.17, 15) is 0 Å². The van der Waals surface area contributed by atoms with Crippen molar-refractivity contribution in [3.63, 3.8) is 0 Å². The number of fused-ring (bicyclic) bond motifs is 1. The third-order valence-corrected chi connectivity index (χ3v) is 3.33. The molecule has 0 bridgehead atoms. The summed E-state index contributed by atoms with van der Waals surface area (Å²) >= 11 is 0. The fourth-order valence-electron chi connectivity index (χ4n) is 2.34. The van der Waals surface area contributed by atoms with E-state index in [-0.39, 0.29) is 0 Å². The van der Waals surface area contributed by atoms with Gasteiger partial charge in [0.1, 0.15) is 11.3 Å². The van der Waals surface area contributed by atoms with Gasteiger partial charge in [0.2, 0.25) is 0 Å². The molecule has 2 heterocycles. The SMILES string of the molecule is NCCCCc1nc2cnccc2n1C1CC1. The fraction of sp³-hybridized carbons (Fsp3) is 0.538. The van der Waals surface area contributed by atoms with Crippen molar-refractivity contribution in [2.75, 3.05) is 6.54 Å². The molecule has 1 saturated carbocycles. The maximum Gasteiger partial charge on any atom is 0.110 e. The molecule has 2 aromatic heterocycles. The molecule has 0 aromatic carbocycles. The molecule has 4 nitrogen and oxygen atoms in total. The van der Waals surface area contributed by atoms with Crippen LogP contribution >= 0.6 is 0 Å². The highest BCUT2D eigenvalue weighted by Crippen LogP contribution is 2.38. The molecule has 2 N–H and O–H groups in total. The first-order chi connectivity index (χ1) is 8.40. The van der Waals surface area contributed by atoms with E-state index in [1.807, 2.05) is 12.4 Å². The van der Waals surface area contributed by atoms with Crippen molar-refractivity contribution in [3.8, 4) is 0 Å². The van der Waals surface area contributed by atoms with E-state index in [4.69, 9.17) is 10.7 Å². The molecule has 0 spiro atoms. The lowest BCUT2D eigenvalue weighted by Crippen LogP contribution is -2.04. The second-order valence-corrected chi connectivity index (χ2v) is 4.74. The Morgan fingerprint density at radius 1 is 1.35 bits per heavy atom. The molecule has 17 heavy (non-hydrogen) atoms. The van der Waals surface area contributed by atoms with Crippen LogP contribution in [0.25, 0.3) is 11.0 Å². The number of hydrogen-bond donors (Lipinski definition) is 1. The van der Waals surface area contributed by atoms with Gasteiger partial charge in [-0.25, -0.2) is 4.98 Å². The number of aryl methyl sites for hydroxylation is 1. The van der Waals surface area contributed by atoms with Gasteiger partial charge in [0.25, 0.3) is 0 Å². The van der Waals surface area contributed by atoms with Crippen molar-refractivity contribution in [1.82, 2.24) is 14.5 Å². The van der Waals surface area contributed by atoms with Crippen molar-refractivity contribution >= 4 is 11.0 Å². The van der Waals surface area contributed by atoms with Gasteiger partial charge in [-0.1, -0.05) is 0 Å². The van der Waals surface area contributed by atoms with Crippen LogP contribution < -0.4 is 5.73 Å². The molecule has 4 heteroatoms. The summed E-state index contributed by atoms with van der Waals surface area (Å²) in [5.41, 5.74) is 7.81. The number of rotatable bonds is 5. The molecule has 0 amide bonds. The van der Waals surface area contributed by atoms with Gasteiger partial charge in [-0.15, -0.1) is 0 Å². The van der Waals surface area contributed by atoms with Gasteiger partial charge in [-0.3, -0.25) is 4.98 Å². The van der Waals surface area contributed by atoms with E-state index in [1.54, 1.807) is 0 Å². The van der Waals surface area contributed by atoms with Crippen LogP contribution in [0.5, 0.6) is 0 Å². The number of unbranched alkanes of at least 4 members (excludes halogenated alkanes) is 1. The molecule has 1 aliphatic carbocycles. The first-order valence-electron chi connectivity index (χ1n) is 6.41. The van der Waals surface area contributed by atoms with Crippen LogP contribution in [0.1, 0.15) is 37.5 Å². The Morgan fingerprint density at radius 3 is 3.00 bits per heavy atom. The van der Waals surface area contributed by atoms with Crippen LogP contribution in [0.4, 0.5) is 0 Å². The summed E-state index contributed by atoms with van der Waals surface area (Å²) in [4.78, 5) is 8.85. The highest BCUT2D eigenvalue weighted by atomic mass is 15.1. The molecular formula is C13H18N4. The Bertz CT molecular complexity index is 513. The molecule has 1 fully saturated rings. The van der Waals surface area contributed by atoms with Crippen LogP contribution in [0.2, 0.25) is 0 Å². The summed E-state index contributed by atoms with van der Waals surface area (Å²) in [6.45, 7) is 0.769. The highest BCUT2D eigenvalue weighted by molar-refractivity contribution is 5.75. The Morgan fingerprint density at radius 2 is 2.24 bits per heavy atom. The molecule has 0 unspecified atom stereocenters. The summed E-state index contributed by atoms with van der Waals surface area (Å²) in [5, 5.41) is 0. The highest BCUT2D eigenvalue weighted by Gasteiger charge is 2.27. The van der Waals surface area contributed by atoms with Crippen LogP contribution in [-0.2, 0) is 6.42 Å². The number of aromatic nitrogens is 3. The van der Waals surface area contributed by atoms with Crippen molar-refractivity contribution in [3.05, 3.63) is 24.3 Å². The van der Waals surface area contributed by atoms with Gasteiger partial charge in [0.15, 0.2) is 0 Å². The number of pyridine rings is 1. The van der Waals surface area contributed by atoms with Gasteiger partial charge >= 0.3 is 0 Å². The minimum Gasteiger partial charge on any atom is -0.330 e. The first kappa shape index (κ1) is 10.7. The third-order valence-electron chi connectivity index (χ3n) is 3.33. The molecule has 90 valence electrons. The Hall–Kier alpha value is -1.42. The second kappa shape index (κ2) is 4.45. The quantitative estimate of drug-likeness (QED) is 0.800. The van der Waals surface area contributed by atoms with Gasteiger partial charge in [0.05, 0.1) is 11.7 Å². The standard InChI is InChI=1S/C13H18N4/c14-7-2-1-3-13-16-11-9-15-8-6-12(11)17(13)10-4-5-10/h6,8-10H,1-5,7,14H2. The summed E-state index contributed by atoms with van der Waals surface area (Å²) in [6, 6.07) is 2.75. The van der Waals surface area contributed by atoms with Gasteiger partial charge in [0, 0.05) is 18.7 Å². The largest absolute Gasteiger partial charge is 0.330 e. The van der Waals surface area contributed by atoms with Crippen LogP contribution in [0.3, 0.4) is 0 Å². The van der Waals surface area contributed by atoms with Crippen molar-refractivity contribution in [2.24, 2.45) is 5.73 Å². The van der Waals surface area contributed by atoms with Crippen LogP contribution in [-0.4, -0.2) is 21.1 Å². The topological polar surface area (TPSA) is 56.7 Å². The van der Waals surface area contributed by atoms with Crippen molar-refractivity contribution in [1.29, 1.82) is 0 Å². The van der Waals surface area contributed by atoms with Crippen LogP contribution in [0, 0.1) is 0 Å². The van der Waals surface area contributed by atoms with Gasteiger partial charge in [-0.05, 0) is 38.3 Å². The lowest BCUT2D eigenvalue weighted by molar-refractivity contribution is 0.652. The Balaban J connectivity index is 1.95. The summed E-state index contributed by atoms with van der Waals surface area (Å²) in [5.74, 6) is 1.21. The predicted octanol–water partition coefficient (Wildman–Crippen LogP) is 2.05. The van der Waals surface area contributed by atoms with Crippen LogP contribution in [0.15, 0.2) is 18.5 Å². The third kappa shape index (κ3) is 2.05. The summed E-state index contributed by atoms with van der Waals surface area (Å²) in [6.07, 6.45) is 9.52. The maximum absolute atomic E-state index is 5.54. The van der Waals surface area contributed by atoms with E-state index >= 15 is 0 Å². The van der Waals surface area contributed by atoms with E-state index in [0.717, 1.165) is 31.3 Å². The monoisotopic (exact) mass is 230 g/mol. The molecule has 0 saturated heterocycles. The lowest BCUT2D eigenvalue weighted by Gasteiger charge is -2.06. The van der Waals surface area contributed by atoms with Crippen molar-refractivity contribution in [2.45, 2.75) is 38.1 Å². The maximum atomic E-state index is 5.54. The Labute approximate surface area is 101 Å². The fourth-order valence-corrected chi connectivity index (χ4v) is 2.34. The molecule has 2 aromatic rings.